The average Bonchev–Trinajstić information content (AvgIpc) is 2.55. The Labute approximate surface area is 122 Å². The molecule has 108 valence electrons. The van der Waals surface area contributed by atoms with Gasteiger partial charge < -0.3 is 9.47 Å². The van der Waals surface area contributed by atoms with Gasteiger partial charge in [0.15, 0.2) is 0 Å². The first-order valence-electron chi connectivity index (χ1n) is 6.20. The van der Waals surface area contributed by atoms with E-state index in [1.54, 1.807) is 56.8 Å². The third-order valence-corrected chi connectivity index (χ3v) is 2.65. The van der Waals surface area contributed by atoms with E-state index in [0.29, 0.717) is 17.2 Å². The van der Waals surface area contributed by atoms with Crippen LogP contribution >= 0.6 is 0 Å². The number of aromatic nitrogens is 1. The number of hydrogen-bond donors (Lipinski definition) is 1. The molecule has 21 heavy (non-hydrogen) atoms. The predicted molar refractivity (Wildman–Crippen MR) is 78.8 cm³/mol. The molecule has 6 heteroatoms. The van der Waals surface area contributed by atoms with Crippen LogP contribution in [0.4, 0.5) is 0 Å². The average molecular weight is 285 g/mol. The lowest BCUT2D eigenvalue weighted by Gasteiger charge is -2.05. The molecule has 0 fully saturated rings. The molecule has 1 N–H and O–H groups in total. The molecular formula is C15H15N3O3. The van der Waals surface area contributed by atoms with Gasteiger partial charge in [-0.25, -0.2) is 5.43 Å². The van der Waals surface area contributed by atoms with Crippen molar-refractivity contribution >= 4 is 12.1 Å². The van der Waals surface area contributed by atoms with Crippen molar-refractivity contribution in [1.82, 2.24) is 10.4 Å². The number of benzene rings is 1. The van der Waals surface area contributed by atoms with Gasteiger partial charge in [-0.05, 0) is 24.3 Å². The van der Waals surface area contributed by atoms with Crippen molar-refractivity contribution in [2.24, 2.45) is 5.10 Å². The molecule has 0 radical (unpaired) electrons. The maximum Gasteiger partial charge on any atom is 0.289 e. The van der Waals surface area contributed by atoms with Crippen LogP contribution < -0.4 is 14.9 Å². The topological polar surface area (TPSA) is 72.8 Å². The summed E-state index contributed by atoms with van der Waals surface area (Å²) in [5, 5.41) is 3.89. The van der Waals surface area contributed by atoms with Crippen molar-refractivity contribution in [3.05, 3.63) is 53.9 Å². The summed E-state index contributed by atoms with van der Waals surface area (Å²) in [7, 11) is 3.14. The number of carbonyl (C=O) groups is 1. The van der Waals surface area contributed by atoms with Gasteiger partial charge in [-0.15, -0.1) is 0 Å². The Balaban J connectivity index is 2.06. The van der Waals surface area contributed by atoms with Crippen LogP contribution in [0.15, 0.2) is 47.7 Å². The highest BCUT2D eigenvalue weighted by Gasteiger charge is 2.04. The summed E-state index contributed by atoms with van der Waals surface area (Å²) in [6.07, 6.45) is 3.05. The van der Waals surface area contributed by atoms with Gasteiger partial charge in [-0.2, -0.15) is 5.10 Å². The number of amides is 1. The summed E-state index contributed by atoms with van der Waals surface area (Å²) in [6.45, 7) is 0. The Bertz CT molecular complexity index is 620. The molecule has 0 aliphatic rings. The highest BCUT2D eigenvalue weighted by atomic mass is 16.5. The Morgan fingerprint density at radius 1 is 1.19 bits per heavy atom. The first kappa shape index (κ1) is 14.5. The van der Waals surface area contributed by atoms with Crippen LogP contribution in [0, 0.1) is 0 Å². The van der Waals surface area contributed by atoms with Crippen LogP contribution in [0.2, 0.25) is 0 Å². The number of methoxy groups -OCH3 is 2. The molecule has 0 aliphatic carbocycles. The van der Waals surface area contributed by atoms with E-state index in [4.69, 9.17) is 9.47 Å². The summed E-state index contributed by atoms with van der Waals surface area (Å²) in [6, 6.07) is 10.4. The van der Waals surface area contributed by atoms with Crippen molar-refractivity contribution in [2.45, 2.75) is 0 Å². The summed E-state index contributed by atoms with van der Waals surface area (Å²) in [4.78, 5) is 15.7. The molecule has 1 aromatic heterocycles. The predicted octanol–water partition coefficient (Wildman–Crippen LogP) is 1.86. The molecule has 1 heterocycles. The van der Waals surface area contributed by atoms with E-state index in [0.717, 1.165) is 5.56 Å². The summed E-state index contributed by atoms with van der Waals surface area (Å²) < 4.78 is 10.3. The molecule has 1 amide bonds. The van der Waals surface area contributed by atoms with Gasteiger partial charge in [0.25, 0.3) is 5.91 Å². The van der Waals surface area contributed by atoms with Gasteiger partial charge in [0, 0.05) is 17.8 Å². The van der Waals surface area contributed by atoms with E-state index in [1.165, 1.54) is 6.21 Å². The number of nitrogens with zero attached hydrogens (tertiary/aromatic N) is 2. The van der Waals surface area contributed by atoms with Gasteiger partial charge in [-0.3, -0.25) is 9.78 Å². The van der Waals surface area contributed by atoms with Crippen molar-refractivity contribution in [3.8, 4) is 11.5 Å². The number of hydrogen-bond acceptors (Lipinski definition) is 5. The summed E-state index contributed by atoms with van der Waals surface area (Å²) in [5.74, 6) is 0.917. The molecule has 6 nitrogen and oxygen atoms in total. The molecule has 2 aromatic rings. The van der Waals surface area contributed by atoms with Gasteiger partial charge in [0.05, 0.1) is 20.4 Å². The first-order valence-corrected chi connectivity index (χ1v) is 6.20. The second kappa shape index (κ2) is 7.04. The van der Waals surface area contributed by atoms with Crippen LogP contribution in [0.1, 0.15) is 16.1 Å². The van der Waals surface area contributed by atoms with Crippen LogP contribution in [0.25, 0.3) is 0 Å². The van der Waals surface area contributed by atoms with Crippen LogP contribution in [-0.2, 0) is 0 Å². The Hall–Kier alpha value is -2.89. The second-order valence-corrected chi connectivity index (χ2v) is 4.06. The fourth-order valence-corrected chi connectivity index (χ4v) is 1.62. The highest BCUT2D eigenvalue weighted by molar-refractivity contribution is 5.93. The molecular weight excluding hydrogens is 270 g/mol. The quantitative estimate of drug-likeness (QED) is 0.672. The largest absolute Gasteiger partial charge is 0.497 e. The standard InChI is InChI=1S/C15H15N3O3/c1-20-12-7-11(8-13(9-12)21-2)10-17-18-15(19)14-5-3-4-6-16-14/h3-10H,1-2H3,(H,18,19)/b17-10+. The number of nitrogens with one attached hydrogen (secondary N) is 1. The molecule has 0 bridgehead atoms. The third-order valence-electron chi connectivity index (χ3n) is 2.65. The number of hydrazone groups is 1. The zero-order valence-electron chi connectivity index (χ0n) is 11.7. The van der Waals surface area contributed by atoms with Crippen molar-refractivity contribution in [3.63, 3.8) is 0 Å². The zero-order chi connectivity index (χ0) is 15.1. The van der Waals surface area contributed by atoms with Gasteiger partial charge in [-0.1, -0.05) is 6.07 Å². The zero-order valence-corrected chi connectivity index (χ0v) is 11.7. The molecule has 0 unspecified atom stereocenters. The van der Waals surface area contributed by atoms with E-state index < -0.39 is 0 Å². The highest BCUT2D eigenvalue weighted by Crippen LogP contribution is 2.21. The van der Waals surface area contributed by atoms with Crippen molar-refractivity contribution in [1.29, 1.82) is 0 Å². The smallest absolute Gasteiger partial charge is 0.289 e. The molecule has 0 saturated heterocycles. The van der Waals surface area contributed by atoms with E-state index in [2.05, 4.69) is 15.5 Å². The minimum Gasteiger partial charge on any atom is -0.497 e. The van der Waals surface area contributed by atoms with E-state index >= 15 is 0 Å². The summed E-state index contributed by atoms with van der Waals surface area (Å²) in [5.41, 5.74) is 3.46. The number of carbonyl (C=O) groups excluding carboxylic acids is 1. The minimum absolute atomic E-state index is 0.304. The summed E-state index contributed by atoms with van der Waals surface area (Å²) >= 11 is 0. The Morgan fingerprint density at radius 3 is 2.48 bits per heavy atom. The SMILES string of the molecule is COc1cc(/C=N/NC(=O)c2ccccn2)cc(OC)c1. The molecule has 1 aromatic carbocycles. The molecule has 0 saturated carbocycles. The lowest BCUT2D eigenvalue weighted by molar-refractivity contribution is 0.0950. The van der Waals surface area contributed by atoms with Gasteiger partial charge >= 0.3 is 0 Å². The first-order chi connectivity index (χ1) is 10.2. The fraction of sp³-hybridized carbons (Fsp3) is 0.133. The van der Waals surface area contributed by atoms with E-state index in [1.807, 2.05) is 0 Å². The fourth-order valence-electron chi connectivity index (χ4n) is 1.62. The number of pyridine rings is 1. The van der Waals surface area contributed by atoms with Crippen LogP contribution in [0.5, 0.6) is 11.5 Å². The third kappa shape index (κ3) is 4.04. The lowest BCUT2D eigenvalue weighted by atomic mass is 10.2. The second-order valence-electron chi connectivity index (χ2n) is 4.06. The van der Waals surface area contributed by atoms with Crippen molar-refractivity contribution < 1.29 is 14.3 Å². The monoisotopic (exact) mass is 285 g/mol. The molecule has 0 atom stereocenters. The number of ether oxygens (including phenoxy) is 2. The Kier molecular flexibility index (Phi) is 4.87. The van der Waals surface area contributed by atoms with Gasteiger partial charge in [0.1, 0.15) is 17.2 Å². The van der Waals surface area contributed by atoms with Gasteiger partial charge in [0.2, 0.25) is 0 Å². The molecule has 2 rings (SSSR count). The van der Waals surface area contributed by atoms with E-state index in [-0.39, 0.29) is 5.91 Å². The number of rotatable bonds is 5. The molecule has 0 spiro atoms. The Morgan fingerprint density at radius 2 is 1.90 bits per heavy atom. The lowest BCUT2D eigenvalue weighted by Crippen LogP contribution is -2.18. The minimum atomic E-state index is -0.373. The van der Waals surface area contributed by atoms with Crippen LogP contribution in [0.3, 0.4) is 0 Å². The maximum absolute atomic E-state index is 11.7. The van der Waals surface area contributed by atoms with Crippen LogP contribution in [-0.4, -0.2) is 31.3 Å². The normalized spacial score (nSPS) is 10.4. The molecule has 0 aliphatic heterocycles. The maximum atomic E-state index is 11.7. The van der Waals surface area contributed by atoms with Crippen molar-refractivity contribution in [2.75, 3.05) is 14.2 Å². The van der Waals surface area contributed by atoms with E-state index in [9.17, 15) is 4.79 Å².